The van der Waals surface area contributed by atoms with Crippen LogP contribution in [-0.2, 0) is 0 Å². The first kappa shape index (κ1) is 10.3. The molecule has 2 nitrogen and oxygen atoms in total. The lowest BCUT2D eigenvalue weighted by Gasteiger charge is -2.00. The minimum Gasteiger partial charge on any atom is -0.441 e. The van der Waals surface area contributed by atoms with Gasteiger partial charge in [-0.3, -0.25) is 0 Å². The molecule has 0 amide bonds. The van der Waals surface area contributed by atoms with E-state index in [1.165, 1.54) is 6.20 Å². The first-order valence-electron chi connectivity index (χ1n) is 4.15. The van der Waals surface area contributed by atoms with Gasteiger partial charge in [0.05, 0.1) is 11.8 Å². The zero-order valence-electron chi connectivity index (χ0n) is 7.72. The Morgan fingerprint density at radius 2 is 1.93 bits per heavy atom. The zero-order valence-corrected chi connectivity index (χ0v) is 9.31. The molecule has 2 rings (SSSR count). The number of rotatable bonds is 1. The second kappa shape index (κ2) is 3.73. The summed E-state index contributed by atoms with van der Waals surface area (Å²) in [4.78, 5) is 3.93. The van der Waals surface area contributed by atoms with Gasteiger partial charge in [0, 0.05) is 4.47 Å². The van der Waals surface area contributed by atoms with Crippen molar-refractivity contribution in [2.45, 2.75) is 6.92 Å². The van der Waals surface area contributed by atoms with Crippen LogP contribution in [0.1, 0.15) is 5.76 Å². The average molecular weight is 274 g/mol. The second-order valence-electron chi connectivity index (χ2n) is 3.02. The summed E-state index contributed by atoms with van der Waals surface area (Å²) in [6.07, 6.45) is 1.52. The lowest BCUT2D eigenvalue weighted by molar-refractivity contribution is 0.505. The van der Waals surface area contributed by atoms with Crippen LogP contribution in [0.3, 0.4) is 0 Å². The van der Waals surface area contributed by atoms with Crippen molar-refractivity contribution in [2.75, 3.05) is 0 Å². The number of aryl methyl sites for hydroxylation is 1. The number of aromatic nitrogens is 1. The Balaban J connectivity index is 2.58. The highest BCUT2D eigenvalue weighted by molar-refractivity contribution is 9.10. The van der Waals surface area contributed by atoms with Crippen LogP contribution in [0.15, 0.2) is 27.2 Å². The Hall–Kier alpha value is -1.23. The maximum Gasteiger partial charge on any atom is 0.227 e. The predicted octanol–water partition coefficient (Wildman–Crippen LogP) is 3.69. The van der Waals surface area contributed by atoms with Crippen molar-refractivity contribution in [3.63, 3.8) is 0 Å². The molecular formula is C10H6BrF2NO. The van der Waals surface area contributed by atoms with Gasteiger partial charge in [0.15, 0.2) is 11.6 Å². The Bertz CT molecular complexity index is 510. The third-order valence-electron chi connectivity index (χ3n) is 1.86. The highest BCUT2D eigenvalue weighted by Gasteiger charge is 2.13. The Morgan fingerprint density at radius 3 is 2.53 bits per heavy atom. The van der Waals surface area contributed by atoms with E-state index in [4.69, 9.17) is 4.42 Å². The predicted molar refractivity (Wildman–Crippen MR) is 54.3 cm³/mol. The molecule has 15 heavy (non-hydrogen) atoms. The van der Waals surface area contributed by atoms with Crippen molar-refractivity contribution in [3.05, 3.63) is 40.2 Å². The van der Waals surface area contributed by atoms with E-state index in [1.807, 2.05) is 0 Å². The minimum absolute atomic E-state index is 0.262. The summed E-state index contributed by atoms with van der Waals surface area (Å²) in [6.45, 7) is 1.73. The number of hydrogen-bond donors (Lipinski definition) is 0. The van der Waals surface area contributed by atoms with Gasteiger partial charge in [-0.05, 0) is 35.0 Å². The molecule has 0 saturated carbocycles. The normalized spacial score (nSPS) is 10.7. The van der Waals surface area contributed by atoms with Crippen molar-refractivity contribution in [3.8, 4) is 11.5 Å². The third kappa shape index (κ3) is 1.92. The van der Waals surface area contributed by atoms with Crippen LogP contribution < -0.4 is 0 Å². The van der Waals surface area contributed by atoms with E-state index in [1.54, 1.807) is 6.92 Å². The van der Waals surface area contributed by atoms with Gasteiger partial charge >= 0.3 is 0 Å². The van der Waals surface area contributed by atoms with Crippen LogP contribution >= 0.6 is 15.9 Å². The van der Waals surface area contributed by atoms with E-state index in [0.717, 1.165) is 12.1 Å². The van der Waals surface area contributed by atoms with Crippen molar-refractivity contribution in [1.82, 2.24) is 4.98 Å². The van der Waals surface area contributed by atoms with E-state index in [2.05, 4.69) is 20.9 Å². The van der Waals surface area contributed by atoms with Crippen LogP contribution in [-0.4, -0.2) is 4.98 Å². The molecule has 0 aliphatic rings. The summed E-state index contributed by atoms with van der Waals surface area (Å²) in [5, 5.41) is 0. The molecule has 5 heteroatoms. The van der Waals surface area contributed by atoms with E-state index < -0.39 is 11.6 Å². The summed E-state index contributed by atoms with van der Waals surface area (Å²) in [6, 6.07) is 2.09. The summed E-state index contributed by atoms with van der Waals surface area (Å²) < 4.78 is 31.4. The fourth-order valence-electron chi connectivity index (χ4n) is 1.17. The average Bonchev–Trinajstić information content (AvgIpc) is 2.58. The number of oxazole rings is 1. The van der Waals surface area contributed by atoms with E-state index in [0.29, 0.717) is 15.8 Å². The molecular weight excluding hydrogens is 268 g/mol. The highest BCUT2D eigenvalue weighted by Crippen LogP contribution is 2.29. The van der Waals surface area contributed by atoms with Gasteiger partial charge in [0.1, 0.15) is 5.76 Å². The quantitative estimate of drug-likeness (QED) is 0.741. The molecule has 0 bridgehead atoms. The monoisotopic (exact) mass is 273 g/mol. The third-order valence-corrected chi connectivity index (χ3v) is 2.52. The minimum atomic E-state index is -0.927. The van der Waals surface area contributed by atoms with E-state index >= 15 is 0 Å². The van der Waals surface area contributed by atoms with Gasteiger partial charge in [-0.25, -0.2) is 13.8 Å². The Labute approximate surface area is 93.1 Å². The molecule has 0 saturated heterocycles. The molecule has 1 heterocycles. The summed E-state index contributed by atoms with van der Waals surface area (Å²) in [7, 11) is 0. The standard InChI is InChI=1S/C10H6BrF2NO/c1-5-4-14-10(15-5)6-2-8(12)9(13)3-7(6)11/h2-4H,1H3. The fraction of sp³-hybridized carbons (Fsp3) is 0.100. The van der Waals surface area contributed by atoms with E-state index in [-0.39, 0.29) is 5.89 Å². The lowest BCUT2D eigenvalue weighted by Crippen LogP contribution is -1.87. The van der Waals surface area contributed by atoms with E-state index in [9.17, 15) is 8.78 Å². The Morgan fingerprint density at radius 1 is 1.27 bits per heavy atom. The van der Waals surface area contributed by atoms with Gasteiger partial charge in [-0.1, -0.05) is 0 Å². The van der Waals surface area contributed by atoms with Crippen molar-refractivity contribution in [2.24, 2.45) is 0 Å². The van der Waals surface area contributed by atoms with Crippen molar-refractivity contribution < 1.29 is 13.2 Å². The van der Waals surface area contributed by atoms with Gasteiger partial charge in [-0.2, -0.15) is 0 Å². The molecule has 2 aromatic rings. The van der Waals surface area contributed by atoms with Gasteiger partial charge in [0.2, 0.25) is 5.89 Å². The summed E-state index contributed by atoms with van der Waals surface area (Å²) in [5.74, 6) is -0.960. The SMILES string of the molecule is Cc1cnc(-c2cc(F)c(F)cc2Br)o1. The molecule has 0 fully saturated rings. The van der Waals surface area contributed by atoms with Gasteiger partial charge in [-0.15, -0.1) is 0 Å². The molecule has 0 radical (unpaired) electrons. The first-order chi connectivity index (χ1) is 7.08. The summed E-state index contributed by atoms with van der Waals surface area (Å²) in [5.41, 5.74) is 0.391. The van der Waals surface area contributed by atoms with Crippen LogP contribution in [0.25, 0.3) is 11.5 Å². The van der Waals surface area contributed by atoms with Crippen LogP contribution in [0.4, 0.5) is 8.78 Å². The molecule has 0 aliphatic carbocycles. The molecule has 78 valence electrons. The highest BCUT2D eigenvalue weighted by atomic mass is 79.9. The Kier molecular flexibility index (Phi) is 2.56. The number of nitrogens with zero attached hydrogens (tertiary/aromatic N) is 1. The molecule has 0 unspecified atom stereocenters. The molecule has 0 N–H and O–H groups in total. The first-order valence-corrected chi connectivity index (χ1v) is 4.94. The van der Waals surface area contributed by atoms with Crippen molar-refractivity contribution >= 4 is 15.9 Å². The lowest BCUT2D eigenvalue weighted by atomic mass is 10.2. The van der Waals surface area contributed by atoms with Crippen molar-refractivity contribution in [1.29, 1.82) is 0 Å². The smallest absolute Gasteiger partial charge is 0.227 e. The number of hydrogen-bond acceptors (Lipinski definition) is 2. The van der Waals surface area contributed by atoms with Crippen LogP contribution in [0, 0.1) is 18.6 Å². The van der Waals surface area contributed by atoms with Gasteiger partial charge in [0.25, 0.3) is 0 Å². The molecule has 0 aliphatic heterocycles. The van der Waals surface area contributed by atoms with Crippen LogP contribution in [0.2, 0.25) is 0 Å². The maximum absolute atomic E-state index is 13.0. The molecule has 1 aromatic carbocycles. The zero-order chi connectivity index (χ0) is 11.0. The summed E-state index contributed by atoms with van der Waals surface area (Å²) >= 11 is 3.12. The molecule has 1 aromatic heterocycles. The maximum atomic E-state index is 13.0. The molecule has 0 spiro atoms. The number of halogens is 3. The fourth-order valence-corrected chi connectivity index (χ4v) is 1.65. The van der Waals surface area contributed by atoms with Gasteiger partial charge < -0.3 is 4.42 Å². The number of benzene rings is 1. The van der Waals surface area contributed by atoms with Crippen LogP contribution in [0.5, 0.6) is 0 Å². The second-order valence-corrected chi connectivity index (χ2v) is 3.88. The largest absolute Gasteiger partial charge is 0.441 e. The molecule has 0 atom stereocenters. The topological polar surface area (TPSA) is 26.0 Å².